The summed E-state index contributed by atoms with van der Waals surface area (Å²) in [7, 11) is 0. The smallest absolute Gasteiger partial charge is 0.368 e. The maximum Gasteiger partial charge on any atom is 0.417 e. The van der Waals surface area contributed by atoms with Crippen LogP contribution >= 0.6 is 0 Å². The highest BCUT2D eigenvalue weighted by molar-refractivity contribution is 5.89. The molecule has 0 radical (unpaired) electrons. The number of benzene rings is 1. The van der Waals surface area contributed by atoms with E-state index in [-0.39, 0.29) is 22.9 Å². The van der Waals surface area contributed by atoms with Crippen LogP contribution in [0.2, 0.25) is 0 Å². The van der Waals surface area contributed by atoms with Gasteiger partial charge in [0.2, 0.25) is 5.95 Å². The second-order valence-electron chi connectivity index (χ2n) is 4.07. The molecular weight excluding hydrogens is 271 g/mol. The molecule has 0 amide bonds. The number of hydrogen-bond acceptors (Lipinski definition) is 4. The van der Waals surface area contributed by atoms with Gasteiger partial charge in [0.05, 0.1) is 11.9 Å². The number of H-pyrrole nitrogens is 1. The van der Waals surface area contributed by atoms with Gasteiger partial charge in [-0.1, -0.05) is 18.2 Å². The molecule has 3 aromatic rings. The van der Waals surface area contributed by atoms with Crippen molar-refractivity contribution in [3.8, 4) is 11.3 Å². The molecule has 0 saturated carbocycles. The van der Waals surface area contributed by atoms with E-state index in [0.29, 0.717) is 5.52 Å². The molecule has 0 unspecified atom stereocenters. The quantitative estimate of drug-likeness (QED) is 0.717. The van der Waals surface area contributed by atoms with Crippen LogP contribution in [0.3, 0.4) is 0 Å². The maximum absolute atomic E-state index is 13.1. The molecule has 2 aromatic heterocycles. The highest BCUT2D eigenvalue weighted by atomic mass is 19.4. The SMILES string of the molecule is Nc1nc(-c2ccccc2C(F)(F)F)c2[nH]cnc2n1. The number of halogens is 3. The third-order valence-corrected chi connectivity index (χ3v) is 2.79. The molecule has 5 nitrogen and oxygen atoms in total. The Bertz CT molecular complexity index is 778. The molecule has 20 heavy (non-hydrogen) atoms. The van der Waals surface area contributed by atoms with Gasteiger partial charge in [-0.25, -0.2) is 9.97 Å². The Morgan fingerprint density at radius 2 is 1.85 bits per heavy atom. The Morgan fingerprint density at radius 1 is 1.10 bits per heavy atom. The zero-order chi connectivity index (χ0) is 14.3. The Morgan fingerprint density at radius 3 is 2.60 bits per heavy atom. The van der Waals surface area contributed by atoms with Gasteiger partial charge in [0.25, 0.3) is 0 Å². The summed E-state index contributed by atoms with van der Waals surface area (Å²) < 4.78 is 39.2. The van der Waals surface area contributed by atoms with Gasteiger partial charge in [0.1, 0.15) is 11.2 Å². The molecule has 0 saturated heterocycles. The average Bonchev–Trinajstić information content (AvgIpc) is 2.84. The van der Waals surface area contributed by atoms with Crippen molar-refractivity contribution in [1.82, 2.24) is 19.9 Å². The van der Waals surface area contributed by atoms with Gasteiger partial charge in [-0.3, -0.25) is 0 Å². The summed E-state index contributed by atoms with van der Waals surface area (Å²) in [6, 6.07) is 5.16. The lowest BCUT2D eigenvalue weighted by Crippen LogP contribution is -2.08. The molecule has 0 atom stereocenters. The maximum atomic E-state index is 13.1. The second kappa shape index (κ2) is 4.19. The van der Waals surface area contributed by atoms with Crippen molar-refractivity contribution in [1.29, 1.82) is 0 Å². The first-order valence-corrected chi connectivity index (χ1v) is 5.60. The average molecular weight is 279 g/mol. The summed E-state index contributed by atoms with van der Waals surface area (Å²) in [4.78, 5) is 14.4. The summed E-state index contributed by atoms with van der Waals surface area (Å²) in [5.74, 6) is -0.128. The van der Waals surface area contributed by atoms with Gasteiger partial charge < -0.3 is 10.7 Å². The number of hydrogen-bond donors (Lipinski definition) is 2. The molecule has 3 rings (SSSR count). The molecule has 0 bridgehead atoms. The summed E-state index contributed by atoms with van der Waals surface area (Å²) in [6.07, 6.45) is -3.15. The minimum atomic E-state index is -4.48. The number of imidazole rings is 1. The zero-order valence-electron chi connectivity index (χ0n) is 9.94. The van der Waals surface area contributed by atoms with Gasteiger partial charge in [0, 0.05) is 5.56 Å². The van der Waals surface area contributed by atoms with E-state index in [2.05, 4.69) is 19.9 Å². The first-order valence-electron chi connectivity index (χ1n) is 5.60. The summed E-state index contributed by atoms with van der Waals surface area (Å²) in [5, 5.41) is 0. The predicted octanol–water partition coefficient (Wildman–Crippen LogP) is 2.62. The molecule has 0 aliphatic rings. The van der Waals surface area contributed by atoms with Crippen molar-refractivity contribution in [3.05, 3.63) is 36.2 Å². The van der Waals surface area contributed by atoms with E-state index in [0.717, 1.165) is 6.07 Å². The fourth-order valence-electron chi connectivity index (χ4n) is 1.98. The van der Waals surface area contributed by atoms with Crippen LogP contribution in [-0.4, -0.2) is 19.9 Å². The van der Waals surface area contributed by atoms with Gasteiger partial charge >= 0.3 is 6.18 Å². The lowest BCUT2D eigenvalue weighted by Gasteiger charge is -2.12. The molecule has 102 valence electrons. The monoisotopic (exact) mass is 279 g/mol. The van der Waals surface area contributed by atoms with Crippen molar-refractivity contribution in [2.24, 2.45) is 0 Å². The van der Waals surface area contributed by atoms with Crippen molar-refractivity contribution in [3.63, 3.8) is 0 Å². The predicted molar refractivity (Wildman–Crippen MR) is 66.5 cm³/mol. The number of aromatic amines is 1. The summed E-state index contributed by atoms with van der Waals surface area (Å²) in [5.41, 5.74) is 5.30. The van der Waals surface area contributed by atoms with E-state index in [9.17, 15) is 13.2 Å². The lowest BCUT2D eigenvalue weighted by atomic mass is 10.0. The van der Waals surface area contributed by atoms with E-state index in [4.69, 9.17) is 5.73 Å². The van der Waals surface area contributed by atoms with Gasteiger partial charge in [0.15, 0.2) is 5.65 Å². The number of fused-ring (bicyclic) bond motifs is 1. The van der Waals surface area contributed by atoms with Crippen molar-refractivity contribution in [2.75, 3.05) is 5.73 Å². The van der Waals surface area contributed by atoms with Crippen LogP contribution in [0.25, 0.3) is 22.4 Å². The first kappa shape index (κ1) is 12.4. The van der Waals surface area contributed by atoms with Crippen LogP contribution in [-0.2, 0) is 6.18 Å². The number of nitrogens with one attached hydrogen (secondary N) is 1. The number of rotatable bonds is 1. The van der Waals surface area contributed by atoms with E-state index in [1.165, 1.54) is 24.5 Å². The number of aromatic nitrogens is 4. The second-order valence-corrected chi connectivity index (χ2v) is 4.07. The molecule has 8 heteroatoms. The van der Waals surface area contributed by atoms with Crippen LogP contribution in [0.1, 0.15) is 5.56 Å². The minimum Gasteiger partial charge on any atom is -0.368 e. The van der Waals surface area contributed by atoms with Crippen molar-refractivity contribution < 1.29 is 13.2 Å². The summed E-state index contributed by atoms with van der Waals surface area (Å²) >= 11 is 0. The third kappa shape index (κ3) is 1.94. The normalized spacial score (nSPS) is 11.9. The minimum absolute atomic E-state index is 0.0663. The van der Waals surface area contributed by atoms with E-state index in [1.807, 2.05) is 0 Å². The summed E-state index contributed by atoms with van der Waals surface area (Å²) in [6.45, 7) is 0. The van der Waals surface area contributed by atoms with Crippen molar-refractivity contribution >= 4 is 17.1 Å². The molecule has 0 spiro atoms. The first-order chi connectivity index (χ1) is 9.47. The number of anilines is 1. The molecule has 0 fully saturated rings. The number of nitrogens with two attached hydrogens (primary N) is 1. The standard InChI is InChI=1S/C12H8F3N5/c13-12(14,15)7-4-2-1-3-6(7)8-9-10(18-5-17-9)20-11(16)19-8/h1-5H,(H3,16,17,18,19,20). The zero-order valence-corrected chi connectivity index (χ0v) is 9.94. The van der Waals surface area contributed by atoms with Crippen LogP contribution in [0.15, 0.2) is 30.6 Å². The number of nitrogens with zero attached hydrogens (tertiary/aromatic N) is 3. The van der Waals surface area contributed by atoms with Crippen LogP contribution < -0.4 is 5.73 Å². The van der Waals surface area contributed by atoms with Gasteiger partial charge in [-0.15, -0.1) is 0 Å². The lowest BCUT2D eigenvalue weighted by molar-refractivity contribution is -0.137. The molecule has 1 aromatic carbocycles. The van der Waals surface area contributed by atoms with E-state index >= 15 is 0 Å². The molecular formula is C12H8F3N5. The van der Waals surface area contributed by atoms with Crippen LogP contribution in [0.5, 0.6) is 0 Å². The topological polar surface area (TPSA) is 80.5 Å². The fraction of sp³-hybridized carbons (Fsp3) is 0.0833. The molecule has 0 aliphatic heterocycles. The number of nitrogen functional groups attached to an aromatic ring is 1. The van der Waals surface area contributed by atoms with E-state index < -0.39 is 11.7 Å². The third-order valence-electron chi connectivity index (χ3n) is 2.79. The van der Waals surface area contributed by atoms with Gasteiger partial charge in [-0.2, -0.15) is 18.2 Å². The van der Waals surface area contributed by atoms with Crippen LogP contribution in [0.4, 0.5) is 19.1 Å². The molecule has 2 heterocycles. The molecule has 3 N–H and O–H groups in total. The van der Waals surface area contributed by atoms with E-state index in [1.54, 1.807) is 0 Å². The highest BCUT2D eigenvalue weighted by Gasteiger charge is 2.34. The largest absolute Gasteiger partial charge is 0.417 e. The Hall–Kier alpha value is -2.64. The Labute approximate surface area is 110 Å². The highest BCUT2D eigenvalue weighted by Crippen LogP contribution is 2.37. The van der Waals surface area contributed by atoms with Crippen molar-refractivity contribution in [2.45, 2.75) is 6.18 Å². The fourth-order valence-corrected chi connectivity index (χ4v) is 1.98. The Balaban J connectivity index is 2.34. The van der Waals surface area contributed by atoms with Gasteiger partial charge in [-0.05, 0) is 6.07 Å². The number of alkyl halides is 3. The Kier molecular flexibility index (Phi) is 2.60. The molecule has 0 aliphatic carbocycles. The van der Waals surface area contributed by atoms with Crippen LogP contribution in [0, 0.1) is 0 Å².